The summed E-state index contributed by atoms with van der Waals surface area (Å²) < 4.78 is 3.68. The van der Waals surface area contributed by atoms with Crippen LogP contribution in [0.25, 0.3) is 16.6 Å². The van der Waals surface area contributed by atoms with Crippen LogP contribution in [0.5, 0.6) is 0 Å². The maximum Gasteiger partial charge on any atom is 0.261 e. The molecule has 1 amide bonds. The van der Waals surface area contributed by atoms with Crippen molar-refractivity contribution < 1.29 is 4.79 Å². The van der Waals surface area contributed by atoms with Crippen molar-refractivity contribution in [1.82, 2.24) is 24.1 Å². The molecule has 0 radical (unpaired) electrons. The molecule has 0 spiro atoms. The van der Waals surface area contributed by atoms with E-state index >= 15 is 0 Å². The lowest BCUT2D eigenvalue weighted by atomic mass is 10.2. The lowest BCUT2D eigenvalue weighted by Gasteiger charge is -2.07. The molecule has 0 atom stereocenters. The van der Waals surface area contributed by atoms with Crippen molar-refractivity contribution in [3.8, 4) is 0 Å². The van der Waals surface area contributed by atoms with Crippen LogP contribution in [0.4, 0.5) is 5.95 Å². The van der Waals surface area contributed by atoms with Gasteiger partial charge in [-0.05, 0) is 30.3 Å². The number of hydrogen-bond acceptors (Lipinski definition) is 5. The number of rotatable bonds is 3. The van der Waals surface area contributed by atoms with Crippen LogP contribution in [-0.4, -0.2) is 30.1 Å². The zero-order valence-electron chi connectivity index (χ0n) is 12.8. The van der Waals surface area contributed by atoms with Crippen LogP contribution in [0.1, 0.15) is 0 Å². The summed E-state index contributed by atoms with van der Waals surface area (Å²) in [6, 6.07) is 10.6. The van der Waals surface area contributed by atoms with Crippen molar-refractivity contribution in [2.24, 2.45) is 0 Å². The number of benzene rings is 1. The van der Waals surface area contributed by atoms with Crippen molar-refractivity contribution in [3.63, 3.8) is 0 Å². The second-order valence-electron chi connectivity index (χ2n) is 5.34. The molecule has 25 heavy (non-hydrogen) atoms. The zero-order valence-corrected chi connectivity index (χ0v) is 14.3. The van der Waals surface area contributed by atoms with Gasteiger partial charge < -0.3 is 0 Å². The Morgan fingerprint density at radius 2 is 2.08 bits per heavy atom. The van der Waals surface area contributed by atoms with Gasteiger partial charge in [0.1, 0.15) is 6.54 Å². The number of fused-ring (bicyclic) bond motifs is 2. The third-order valence-corrected chi connectivity index (χ3v) is 4.16. The number of carbonyl (C=O) groups excluding carboxylic acids is 1. The number of halogens is 1. The van der Waals surface area contributed by atoms with Gasteiger partial charge in [-0.3, -0.25) is 23.9 Å². The number of anilines is 1. The Bertz CT molecular complexity index is 1170. The number of aromatic nitrogens is 5. The van der Waals surface area contributed by atoms with E-state index < -0.39 is 5.91 Å². The summed E-state index contributed by atoms with van der Waals surface area (Å²) in [5.74, 6) is -0.0958. The van der Waals surface area contributed by atoms with Crippen LogP contribution in [0.3, 0.4) is 0 Å². The molecule has 4 aromatic rings. The normalized spacial score (nSPS) is 11.1. The van der Waals surface area contributed by atoms with Gasteiger partial charge in [0.05, 0.1) is 17.2 Å². The van der Waals surface area contributed by atoms with Crippen molar-refractivity contribution in [2.75, 3.05) is 5.32 Å². The first kappa shape index (κ1) is 15.5. The monoisotopic (exact) mass is 398 g/mol. The zero-order chi connectivity index (χ0) is 17.4. The molecular formula is C16H11BrN6O2. The summed E-state index contributed by atoms with van der Waals surface area (Å²) in [5.41, 5.74) is 0.910. The summed E-state index contributed by atoms with van der Waals surface area (Å²) in [4.78, 5) is 29.0. The average Bonchev–Trinajstić information content (AvgIpc) is 3.01. The van der Waals surface area contributed by atoms with E-state index in [0.717, 1.165) is 4.47 Å². The molecule has 0 saturated heterocycles. The predicted octanol–water partition coefficient (Wildman–Crippen LogP) is 1.84. The van der Waals surface area contributed by atoms with Crippen LogP contribution in [0, 0.1) is 0 Å². The lowest BCUT2D eigenvalue weighted by molar-refractivity contribution is -0.116. The Morgan fingerprint density at radius 1 is 1.20 bits per heavy atom. The first-order valence-electron chi connectivity index (χ1n) is 7.36. The van der Waals surface area contributed by atoms with Crippen molar-refractivity contribution >= 4 is 44.3 Å². The minimum Gasteiger partial charge on any atom is -0.293 e. The summed E-state index contributed by atoms with van der Waals surface area (Å²) in [6.45, 7) is -0.171. The topological polar surface area (TPSA) is 94.2 Å². The Morgan fingerprint density at radius 3 is 2.96 bits per heavy atom. The van der Waals surface area contributed by atoms with Crippen LogP contribution >= 0.6 is 15.9 Å². The Balaban J connectivity index is 1.61. The standard InChI is InChI=1S/C16H11BrN6O2/c17-10-4-5-12-11(7-10)15(25)22(9-18-12)8-14(24)19-16-21-20-13-3-1-2-6-23(13)16/h1-7,9H,8H2,(H,19,21,24). The van der Waals surface area contributed by atoms with Gasteiger partial charge in [-0.1, -0.05) is 22.0 Å². The fourth-order valence-electron chi connectivity index (χ4n) is 2.49. The van der Waals surface area contributed by atoms with Crippen molar-refractivity contribution in [1.29, 1.82) is 0 Å². The third kappa shape index (κ3) is 2.89. The molecule has 0 saturated carbocycles. The molecule has 1 aromatic carbocycles. The molecule has 3 aromatic heterocycles. The van der Waals surface area contributed by atoms with E-state index in [-0.39, 0.29) is 12.1 Å². The van der Waals surface area contributed by atoms with Crippen LogP contribution in [-0.2, 0) is 11.3 Å². The van der Waals surface area contributed by atoms with E-state index in [1.165, 1.54) is 10.9 Å². The highest BCUT2D eigenvalue weighted by molar-refractivity contribution is 9.10. The quantitative estimate of drug-likeness (QED) is 0.568. The maximum absolute atomic E-state index is 12.5. The third-order valence-electron chi connectivity index (χ3n) is 3.66. The smallest absolute Gasteiger partial charge is 0.261 e. The van der Waals surface area contributed by atoms with E-state index in [2.05, 4.69) is 36.4 Å². The fraction of sp³-hybridized carbons (Fsp3) is 0.0625. The molecule has 124 valence electrons. The Labute approximate surface area is 149 Å². The summed E-state index contributed by atoms with van der Waals surface area (Å²) in [5, 5.41) is 11.0. The maximum atomic E-state index is 12.5. The Kier molecular flexibility index (Phi) is 3.77. The van der Waals surface area contributed by atoms with Gasteiger partial charge in [-0.15, -0.1) is 10.2 Å². The first-order valence-corrected chi connectivity index (χ1v) is 8.15. The molecule has 9 heteroatoms. The number of nitrogens with one attached hydrogen (secondary N) is 1. The van der Waals surface area contributed by atoms with Gasteiger partial charge in [0.15, 0.2) is 5.65 Å². The number of amides is 1. The molecule has 0 aliphatic heterocycles. The molecule has 0 aliphatic carbocycles. The van der Waals surface area contributed by atoms with E-state index in [4.69, 9.17) is 0 Å². The number of carbonyl (C=O) groups is 1. The molecule has 0 unspecified atom stereocenters. The van der Waals surface area contributed by atoms with E-state index in [0.29, 0.717) is 22.5 Å². The molecule has 8 nitrogen and oxygen atoms in total. The predicted molar refractivity (Wildman–Crippen MR) is 95.3 cm³/mol. The summed E-state index contributed by atoms with van der Waals surface area (Å²) in [6.07, 6.45) is 3.10. The molecule has 0 fully saturated rings. The number of hydrogen-bond donors (Lipinski definition) is 1. The molecular weight excluding hydrogens is 388 g/mol. The second kappa shape index (κ2) is 6.10. The van der Waals surface area contributed by atoms with Gasteiger partial charge in [0, 0.05) is 10.7 Å². The number of nitrogens with zero attached hydrogens (tertiary/aromatic N) is 5. The van der Waals surface area contributed by atoms with Gasteiger partial charge in [0.2, 0.25) is 11.9 Å². The highest BCUT2D eigenvalue weighted by atomic mass is 79.9. The summed E-state index contributed by atoms with van der Waals surface area (Å²) >= 11 is 3.33. The van der Waals surface area contributed by atoms with Crippen LogP contribution in [0.2, 0.25) is 0 Å². The number of pyridine rings is 1. The largest absolute Gasteiger partial charge is 0.293 e. The Hall–Kier alpha value is -3.07. The minimum atomic E-state index is -0.392. The first-order chi connectivity index (χ1) is 12.1. The highest BCUT2D eigenvalue weighted by Crippen LogP contribution is 2.14. The van der Waals surface area contributed by atoms with E-state index in [1.807, 2.05) is 18.2 Å². The van der Waals surface area contributed by atoms with Crippen LogP contribution < -0.4 is 10.9 Å². The van der Waals surface area contributed by atoms with E-state index in [9.17, 15) is 9.59 Å². The van der Waals surface area contributed by atoms with Crippen LogP contribution in [0.15, 0.2) is 58.2 Å². The van der Waals surface area contributed by atoms with Gasteiger partial charge in [-0.2, -0.15) is 0 Å². The fourth-order valence-corrected chi connectivity index (χ4v) is 2.85. The van der Waals surface area contributed by atoms with Gasteiger partial charge >= 0.3 is 0 Å². The second-order valence-corrected chi connectivity index (χ2v) is 6.26. The van der Waals surface area contributed by atoms with Crippen molar-refractivity contribution in [2.45, 2.75) is 6.54 Å². The highest BCUT2D eigenvalue weighted by Gasteiger charge is 2.12. The molecule has 4 rings (SSSR count). The molecule has 3 heterocycles. The lowest BCUT2D eigenvalue weighted by Crippen LogP contribution is -2.28. The minimum absolute atomic E-state index is 0.171. The average molecular weight is 399 g/mol. The SMILES string of the molecule is O=C(Cn1cnc2ccc(Br)cc2c1=O)Nc1nnc2ccccn12. The van der Waals surface area contributed by atoms with Crippen molar-refractivity contribution in [3.05, 3.63) is 63.7 Å². The summed E-state index contributed by atoms with van der Waals surface area (Å²) in [7, 11) is 0. The molecule has 0 aliphatic rings. The van der Waals surface area contributed by atoms with Gasteiger partial charge in [-0.25, -0.2) is 4.98 Å². The van der Waals surface area contributed by atoms with E-state index in [1.54, 1.807) is 28.8 Å². The molecule has 0 bridgehead atoms. The molecule has 1 N–H and O–H groups in total. The van der Waals surface area contributed by atoms with Gasteiger partial charge in [0.25, 0.3) is 5.56 Å².